The van der Waals surface area contributed by atoms with Crippen LogP contribution >= 0.6 is 0 Å². The number of nitrogens with zero attached hydrogens (tertiary/aromatic N) is 2. The van der Waals surface area contributed by atoms with Crippen LogP contribution in [0.2, 0.25) is 0 Å². The molecule has 0 spiro atoms. The molecule has 1 atom stereocenters. The van der Waals surface area contributed by atoms with Gasteiger partial charge in [0.1, 0.15) is 11.4 Å². The predicted octanol–water partition coefficient (Wildman–Crippen LogP) is 2.42. The Morgan fingerprint density at radius 3 is 2.43 bits per heavy atom. The maximum Gasteiger partial charge on any atom is 0.247 e. The smallest absolute Gasteiger partial charge is 0.247 e. The fourth-order valence-electron chi connectivity index (χ4n) is 4.33. The van der Waals surface area contributed by atoms with Gasteiger partial charge in [0.05, 0.1) is 12.3 Å². The second kappa shape index (κ2) is 9.01. The number of hydrogen-bond acceptors (Lipinski definition) is 4. The van der Waals surface area contributed by atoms with Gasteiger partial charge >= 0.3 is 0 Å². The fraction of sp³-hybridized carbons (Fsp3) is 0.619. The van der Waals surface area contributed by atoms with Crippen LogP contribution in [0.3, 0.4) is 0 Å². The van der Waals surface area contributed by atoms with E-state index in [4.69, 9.17) is 0 Å². The number of benzene rings is 1. The van der Waals surface area contributed by atoms with Gasteiger partial charge in [-0.25, -0.2) is 12.8 Å². The first-order chi connectivity index (χ1) is 14.2. The molecule has 30 heavy (non-hydrogen) atoms. The largest absolute Gasteiger partial charge is 0.351 e. The highest BCUT2D eigenvalue weighted by molar-refractivity contribution is 7.89. The number of nitrogens with one attached hydrogen (secondary N) is 1. The molecule has 1 aromatic rings. The van der Waals surface area contributed by atoms with Crippen LogP contribution in [0, 0.1) is 5.82 Å². The van der Waals surface area contributed by atoms with Gasteiger partial charge in [0, 0.05) is 18.3 Å². The summed E-state index contributed by atoms with van der Waals surface area (Å²) in [7, 11) is -3.67. The Labute approximate surface area is 177 Å². The second-order valence-electron chi connectivity index (χ2n) is 8.37. The Bertz CT molecular complexity index is 884. The molecule has 0 radical (unpaired) electrons. The number of sulfonamides is 1. The van der Waals surface area contributed by atoms with Crippen molar-refractivity contribution in [2.24, 2.45) is 0 Å². The van der Waals surface area contributed by atoms with Gasteiger partial charge in [-0.05, 0) is 50.5 Å². The molecule has 2 amide bonds. The van der Waals surface area contributed by atoms with E-state index in [0.717, 1.165) is 36.4 Å². The molecule has 2 fully saturated rings. The molecule has 2 aliphatic rings. The number of rotatable bonds is 6. The average Bonchev–Trinajstić information content (AvgIpc) is 2.69. The van der Waals surface area contributed by atoms with Gasteiger partial charge in [-0.15, -0.1) is 0 Å². The van der Waals surface area contributed by atoms with Gasteiger partial charge in [0.2, 0.25) is 21.8 Å². The summed E-state index contributed by atoms with van der Waals surface area (Å²) in [6, 6.07) is 5.34. The molecule has 7 nitrogen and oxygen atoms in total. The van der Waals surface area contributed by atoms with E-state index in [0.29, 0.717) is 12.1 Å². The summed E-state index contributed by atoms with van der Waals surface area (Å²) in [6.45, 7) is 2.85. The van der Waals surface area contributed by atoms with Gasteiger partial charge < -0.3 is 5.32 Å². The first-order valence-corrected chi connectivity index (χ1v) is 12.2. The number of carbonyl (C=O) groups is 2. The van der Waals surface area contributed by atoms with Crippen LogP contribution < -0.4 is 10.2 Å². The van der Waals surface area contributed by atoms with Crippen LogP contribution in [0.25, 0.3) is 0 Å². The number of halogens is 1. The zero-order chi connectivity index (χ0) is 21.9. The number of hydrogen-bond donors (Lipinski definition) is 1. The van der Waals surface area contributed by atoms with Crippen LogP contribution in [0.4, 0.5) is 10.1 Å². The second-order valence-corrected chi connectivity index (χ2v) is 10.5. The van der Waals surface area contributed by atoms with Crippen molar-refractivity contribution in [1.29, 1.82) is 0 Å². The van der Waals surface area contributed by atoms with Gasteiger partial charge in [-0.1, -0.05) is 26.2 Å². The van der Waals surface area contributed by atoms with Crippen molar-refractivity contribution in [3.8, 4) is 0 Å². The van der Waals surface area contributed by atoms with Gasteiger partial charge in [0.15, 0.2) is 0 Å². The summed E-state index contributed by atoms with van der Waals surface area (Å²) >= 11 is 0. The van der Waals surface area contributed by atoms with Gasteiger partial charge in [-0.3, -0.25) is 14.5 Å². The van der Waals surface area contributed by atoms with E-state index < -0.39 is 27.3 Å². The Morgan fingerprint density at radius 2 is 1.83 bits per heavy atom. The average molecular weight is 440 g/mol. The standard InChI is InChI=1S/C21H30FN3O4S/c1-3-13-30(28,29)24-14-19(26)25(18-11-9-16(22)10-12-18)21(2,15-24)20(27)23-17-7-5-4-6-8-17/h9-12,17H,3-8,13-15H2,1-2H3,(H,23,27)/t21-/m1/s1. The minimum Gasteiger partial charge on any atom is -0.351 e. The zero-order valence-electron chi connectivity index (χ0n) is 17.6. The zero-order valence-corrected chi connectivity index (χ0v) is 18.4. The molecule has 9 heteroatoms. The van der Waals surface area contributed by atoms with Crippen molar-refractivity contribution in [3.05, 3.63) is 30.1 Å². The SMILES string of the molecule is CCCS(=O)(=O)N1CC(=O)N(c2ccc(F)cc2)[C@@](C)(C(=O)NC2CCCCC2)C1. The van der Waals surface area contributed by atoms with Crippen molar-refractivity contribution in [1.82, 2.24) is 9.62 Å². The molecule has 0 aromatic heterocycles. The minimum atomic E-state index is -3.67. The Morgan fingerprint density at radius 1 is 1.20 bits per heavy atom. The first-order valence-electron chi connectivity index (χ1n) is 10.5. The summed E-state index contributed by atoms with van der Waals surface area (Å²) in [5, 5.41) is 3.04. The molecule has 1 heterocycles. The van der Waals surface area contributed by atoms with E-state index in [1.165, 1.54) is 29.2 Å². The van der Waals surface area contributed by atoms with E-state index in [2.05, 4.69) is 5.32 Å². The molecule has 1 saturated carbocycles. The molecular formula is C21H30FN3O4S. The summed E-state index contributed by atoms with van der Waals surface area (Å²) in [5.41, 5.74) is -1.07. The summed E-state index contributed by atoms with van der Waals surface area (Å²) in [5.74, 6) is -1.43. The van der Waals surface area contributed by atoms with E-state index in [-0.39, 0.29) is 30.8 Å². The molecule has 1 aliphatic heterocycles. The van der Waals surface area contributed by atoms with Crippen molar-refractivity contribution in [3.63, 3.8) is 0 Å². The van der Waals surface area contributed by atoms with Crippen LogP contribution in [0.5, 0.6) is 0 Å². The first kappa shape index (κ1) is 22.7. The number of piperazine rings is 1. The molecule has 0 bridgehead atoms. The predicted molar refractivity (Wildman–Crippen MR) is 113 cm³/mol. The normalized spacial score (nSPS) is 24.1. The van der Waals surface area contributed by atoms with Crippen molar-refractivity contribution in [2.75, 3.05) is 23.7 Å². The molecular weight excluding hydrogens is 409 g/mol. The highest BCUT2D eigenvalue weighted by atomic mass is 32.2. The van der Waals surface area contributed by atoms with E-state index in [1.807, 2.05) is 0 Å². The lowest BCUT2D eigenvalue weighted by atomic mass is 9.91. The Kier molecular flexibility index (Phi) is 6.81. The molecule has 166 valence electrons. The number of carbonyl (C=O) groups excluding carboxylic acids is 2. The van der Waals surface area contributed by atoms with Crippen molar-refractivity contribution in [2.45, 2.75) is 64.0 Å². The molecule has 1 aromatic carbocycles. The third-order valence-corrected chi connectivity index (χ3v) is 7.88. The highest BCUT2D eigenvalue weighted by Crippen LogP contribution is 2.31. The third-order valence-electron chi connectivity index (χ3n) is 5.91. The lowest BCUT2D eigenvalue weighted by Gasteiger charge is -2.47. The van der Waals surface area contributed by atoms with Crippen LogP contribution in [-0.2, 0) is 19.6 Å². The third kappa shape index (κ3) is 4.67. The molecule has 3 rings (SSSR count). The topological polar surface area (TPSA) is 86.8 Å². The monoisotopic (exact) mass is 439 g/mol. The molecule has 1 N–H and O–H groups in total. The quantitative estimate of drug-likeness (QED) is 0.738. The maximum atomic E-state index is 13.4. The van der Waals surface area contributed by atoms with Gasteiger partial charge in [0.25, 0.3) is 0 Å². The van der Waals surface area contributed by atoms with Crippen molar-refractivity contribution >= 4 is 27.5 Å². The van der Waals surface area contributed by atoms with Crippen LogP contribution in [0.1, 0.15) is 52.4 Å². The Balaban J connectivity index is 1.96. The summed E-state index contributed by atoms with van der Waals surface area (Å²) < 4.78 is 39.9. The van der Waals surface area contributed by atoms with E-state index in [9.17, 15) is 22.4 Å². The molecule has 1 aliphatic carbocycles. The van der Waals surface area contributed by atoms with E-state index >= 15 is 0 Å². The maximum absolute atomic E-state index is 13.4. The minimum absolute atomic E-state index is 0.0101. The fourth-order valence-corrected chi connectivity index (χ4v) is 5.86. The summed E-state index contributed by atoms with van der Waals surface area (Å²) in [4.78, 5) is 27.8. The summed E-state index contributed by atoms with van der Waals surface area (Å²) in [6.07, 6.45) is 5.33. The van der Waals surface area contributed by atoms with Crippen LogP contribution in [-0.4, -0.2) is 55.0 Å². The lowest BCUT2D eigenvalue weighted by Crippen LogP contribution is -2.71. The molecule has 1 saturated heterocycles. The number of anilines is 1. The molecule has 0 unspecified atom stereocenters. The Hall–Kier alpha value is -2.00. The lowest BCUT2D eigenvalue weighted by molar-refractivity contribution is -0.133. The van der Waals surface area contributed by atoms with Gasteiger partial charge in [-0.2, -0.15) is 4.31 Å². The van der Waals surface area contributed by atoms with Crippen molar-refractivity contribution < 1.29 is 22.4 Å². The highest BCUT2D eigenvalue weighted by Gasteiger charge is 2.51. The van der Waals surface area contributed by atoms with Crippen LogP contribution in [0.15, 0.2) is 24.3 Å². The number of amides is 2. The van der Waals surface area contributed by atoms with E-state index in [1.54, 1.807) is 13.8 Å².